The van der Waals surface area contributed by atoms with E-state index in [9.17, 15) is 19.8 Å². The molecule has 4 atom stereocenters. The van der Waals surface area contributed by atoms with Crippen LogP contribution < -0.4 is 10.1 Å². The maximum atomic E-state index is 14.2. The summed E-state index contributed by atoms with van der Waals surface area (Å²) in [5.41, 5.74) is 3.85. The summed E-state index contributed by atoms with van der Waals surface area (Å²) in [6, 6.07) is 24.2. The second-order valence-corrected chi connectivity index (χ2v) is 14.4. The lowest BCUT2D eigenvalue weighted by molar-refractivity contribution is -0.137. The Morgan fingerprint density at radius 3 is 2.37 bits per heavy atom. The Morgan fingerprint density at radius 2 is 1.62 bits per heavy atom. The summed E-state index contributed by atoms with van der Waals surface area (Å²) in [5.74, 6) is 0.587. The summed E-state index contributed by atoms with van der Waals surface area (Å²) in [5, 5.41) is 25.8. The number of hydrogen-bond donors (Lipinski definition) is 3. The molecule has 52 heavy (non-hydrogen) atoms. The van der Waals surface area contributed by atoms with E-state index in [-0.39, 0.29) is 24.9 Å². The number of ether oxygens (including phenoxy) is 3. The van der Waals surface area contributed by atoms with Crippen LogP contribution in [0.15, 0.2) is 78.9 Å². The van der Waals surface area contributed by atoms with Crippen LogP contribution in [0.3, 0.4) is 0 Å². The van der Waals surface area contributed by atoms with Crippen molar-refractivity contribution in [1.29, 1.82) is 0 Å². The molecule has 1 aliphatic heterocycles. The van der Waals surface area contributed by atoms with Gasteiger partial charge in [-0.2, -0.15) is 0 Å². The Labute approximate surface area is 308 Å². The Kier molecular flexibility index (Phi) is 14.0. The molecule has 1 heterocycles. The lowest BCUT2D eigenvalue weighted by Crippen LogP contribution is -2.46. The fourth-order valence-electron chi connectivity index (χ4n) is 7.74. The standard InChI is InChI=1S/C42H55N3O7/c46-38(37(28-31-10-4-3-5-11-31)43-42(49)52-35-13-6-1-2-7-14-35)20-21-40(48)45(41-36-15-9-8-12-33(36)29-39(41)47)30-32-16-18-34(19-17-32)51-27-24-44-22-25-50-26-23-44/h3-5,8-12,15-19,35,37-39,41,46-47H,1-2,6-7,13-14,20-30H2,(H,43,49)/t37-,38-,39+,41-/m0/s1. The van der Waals surface area contributed by atoms with Gasteiger partial charge in [-0.3, -0.25) is 9.69 Å². The van der Waals surface area contributed by atoms with Crippen LogP contribution >= 0.6 is 0 Å². The zero-order chi connectivity index (χ0) is 36.1. The van der Waals surface area contributed by atoms with E-state index in [0.29, 0.717) is 26.0 Å². The highest BCUT2D eigenvalue weighted by molar-refractivity contribution is 5.77. The maximum Gasteiger partial charge on any atom is 0.407 e. The molecule has 1 saturated carbocycles. The fraction of sp³-hybridized carbons (Fsp3) is 0.524. The number of carbonyl (C=O) groups excluding carboxylic acids is 2. The number of benzene rings is 3. The number of alkyl carbamates (subject to hydrolysis) is 1. The molecule has 3 aromatic carbocycles. The van der Waals surface area contributed by atoms with Crippen molar-refractivity contribution in [3.63, 3.8) is 0 Å². The molecule has 0 spiro atoms. The normalized spacial score (nSPS) is 20.7. The van der Waals surface area contributed by atoms with E-state index in [1.165, 1.54) is 0 Å². The second kappa shape index (κ2) is 19.2. The molecule has 1 saturated heterocycles. The van der Waals surface area contributed by atoms with Crippen molar-refractivity contribution in [2.75, 3.05) is 39.5 Å². The number of rotatable bonds is 15. The van der Waals surface area contributed by atoms with Crippen molar-refractivity contribution in [3.8, 4) is 5.75 Å². The average Bonchev–Trinajstić information content (AvgIpc) is 3.29. The molecule has 3 aliphatic rings. The lowest BCUT2D eigenvalue weighted by atomic mass is 9.97. The monoisotopic (exact) mass is 713 g/mol. The number of fused-ring (bicyclic) bond motifs is 1. The fourth-order valence-corrected chi connectivity index (χ4v) is 7.74. The first-order chi connectivity index (χ1) is 25.4. The molecule has 10 nitrogen and oxygen atoms in total. The van der Waals surface area contributed by atoms with Crippen molar-refractivity contribution < 1.29 is 34.0 Å². The average molecular weight is 714 g/mol. The number of nitrogens with one attached hydrogen (secondary N) is 1. The highest BCUT2D eigenvalue weighted by Gasteiger charge is 2.38. The number of hydrogen-bond acceptors (Lipinski definition) is 8. The lowest BCUT2D eigenvalue weighted by Gasteiger charge is -2.33. The van der Waals surface area contributed by atoms with Crippen molar-refractivity contribution in [3.05, 3.63) is 101 Å². The van der Waals surface area contributed by atoms with Gasteiger partial charge in [0.2, 0.25) is 5.91 Å². The van der Waals surface area contributed by atoms with Gasteiger partial charge in [0.25, 0.3) is 0 Å². The molecule has 6 rings (SSSR count). The van der Waals surface area contributed by atoms with E-state index in [2.05, 4.69) is 10.2 Å². The number of carbonyl (C=O) groups is 2. The molecule has 10 heteroatoms. The third-order valence-corrected chi connectivity index (χ3v) is 10.7. The molecule has 0 radical (unpaired) electrons. The third kappa shape index (κ3) is 10.8. The van der Waals surface area contributed by atoms with Gasteiger partial charge in [-0.25, -0.2) is 4.79 Å². The minimum atomic E-state index is -0.998. The first-order valence-electron chi connectivity index (χ1n) is 19.2. The summed E-state index contributed by atoms with van der Waals surface area (Å²) in [4.78, 5) is 31.4. The molecule has 2 amide bonds. The van der Waals surface area contributed by atoms with Crippen LogP contribution in [-0.2, 0) is 33.7 Å². The molecule has 3 aromatic rings. The summed E-state index contributed by atoms with van der Waals surface area (Å²) in [7, 11) is 0. The van der Waals surface area contributed by atoms with E-state index in [4.69, 9.17) is 14.2 Å². The van der Waals surface area contributed by atoms with Crippen LogP contribution in [0.5, 0.6) is 5.75 Å². The van der Waals surface area contributed by atoms with Crippen LogP contribution in [0, 0.1) is 0 Å². The van der Waals surface area contributed by atoms with Crippen LogP contribution in [0.4, 0.5) is 4.79 Å². The largest absolute Gasteiger partial charge is 0.492 e. The van der Waals surface area contributed by atoms with Crippen LogP contribution in [-0.4, -0.2) is 95.8 Å². The van der Waals surface area contributed by atoms with Gasteiger partial charge in [-0.05, 0) is 72.9 Å². The van der Waals surface area contributed by atoms with Gasteiger partial charge in [0.1, 0.15) is 18.5 Å². The summed E-state index contributed by atoms with van der Waals surface area (Å²) < 4.78 is 17.3. The number of aliphatic hydroxyl groups excluding tert-OH is 2. The quantitative estimate of drug-likeness (QED) is 0.175. The molecular weight excluding hydrogens is 658 g/mol. The van der Waals surface area contributed by atoms with Crippen LogP contribution in [0.2, 0.25) is 0 Å². The Bertz CT molecular complexity index is 1540. The van der Waals surface area contributed by atoms with Gasteiger partial charge < -0.3 is 34.6 Å². The van der Waals surface area contributed by atoms with Crippen molar-refractivity contribution in [2.24, 2.45) is 0 Å². The molecule has 0 aromatic heterocycles. The second-order valence-electron chi connectivity index (χ2n) is 14.4. The summed E-state index contributed by atoms with van der Waals surface area (Å²) >= 11 is 0. The molecule has 2 aliphatic carbocycles. The Morgan fingerprint density at radius 1 is 0.904 bits per heavy atom. The molecule has 3 N–H and O–H groups in total. The highest BCUT2D eigenvalue weighted by atomic mass is 16.6. The SMILES string of the molecule is O=C(N[C@@H](Cc1ccccc1)[C@@H](O)CCC(=O)N(Cc1ccc(OCCN2CCOCC2)cc1)[C@H]1c2ccccc2C[C@H]1O)OC1CCCCCC1. The first kappa shape index (κ1) is 37.8. The van der Waals surface area contributed by atoms with Gasteiger partial charge in [0.15, 0.2) is 0 Å². The maximum absolute atomic E-state index is 14.2. The number of amides is 2. The van der Waals surface area contributed by atoms with Gasteiger partial charge in [0, 0.05) is 39.0 Å². The molecule has 2 fully saturated rings. The zero-order valence-corrected chi connectivity index (χ0v) is 30.2. The van der Waals surface area contributed by atoms with Gasteiger partial charge in [-0.1, -0.05) is 79.6 Å². The third-order valence-electron chi connectivity index (χ3n) is 10.7. The minimum absolute atomic E-state index is 0.0416. The van der Waals surface area contributed by atoms with Crippen LogP contribution in [0.25, 0.3) is 0 Å². The van der Waals surface area contributed by atoms with Crippen molar-refractivity contribution >= 4 is 12.0 Å². The Balaban J connectivity index is 1.12. The van der Waals surface area contributed by atoms with Crippen molar-refractivity contribution in [2.45, 2.75) is 101 Å². The minimum Gasteiger partial charge on any atom is -0.492 e. The molecule has 0 bridgehead atoms. The predicted molar refractivity (Wildman–Crippen MR) is 199 cm³/mol. The van der Waals surface area contributed by atoms with E-state index in [1.54, 1.807) is 4.90 Å². The summed E-state index contributed by atoms with van der Waals surface area (Å²) in [6.45, 7) is 5.04. The molecular formula is C42H55N3O7. The van der Waals surface area contributed by atoms with E-state index in [0.717, 1.165) is 99.4 Å². The van der Waals surface area contributed by atoms with Gasteiger partial charge in [-0.15, -0.1) is 0 Å². The number of aliphatic hydroxyl groups is 2. The number of nitrogens with zero attached hydrogens (tertiary/aromatic N) is 2. The van der Waals surface area contributed by atoms with Gasteiger partial charge >= 0.3 is 6.09 Å². The highest BCUT2D eigenvalue weighted by Crippen LogP contribution is 2.37. The zero-order valence-electron chi connectivity index (χ0n) is 30.2. The smallest absolute Gasteiger partial charge is 0.407 e. The predicted octanol–water partition coefficient (Wildman–Crippen LogP) is 5.59. The molecule has 0 unspecified atom stereocenters. The Hall–Kier alpha value is -3.96. The summed E-state index contributed by atoms with van der Waals surface area (Å²) in [6.07, 6.45) is 4.74. The van der Waals surface area contributed by atoms with Crippen molar-refractivity contribution in [1.82, 2.24) is 15.1 Å². The van der Waals surface area contributed by atoms with E-state index >= 15 is 0 Å². The topological polar surface area (TPSA) is 121 Å². The first-order valence-corrected chi connectivity index (χ1v) is 19.2. The van der Waals surface area contributed by atoms with Crippen LogP contribution in [0.1, 0.15) is 79.7 Å². The van der Waals surface area contributed by atoms with E-state index in [1.807, 2.05) is 78.9 Å². The number of morpholine rings is 1. The van der Waals surface area contributed by atoms with E-state index < -0.39 is 30.4 Å². The molecule has 280 valence electrons. The van der Waals surface area contributed by atoms with Gasteiger partial charge in [0.05, 0.1) is 37.5 Å².